The first-order chi connectivity index (χ1) is 18.3. The van der Waals surface area contributed by atoms with Gasteiger partial charge in [-0.15, -0.1) is 0 Å². The maximum absolute atomic E-state index is 14.0. The molecule has 2 aliphatic rings. The molecular weight excluding hydrogens is 497 g/mol. The van der Waals surface area contributed by atoms with E-state index in [0.717, 1.165) is 17.5 Å². The number of alkyl halides is 3. The normalized spacial score (nSPS) is 20.1. The SMILES string of the molecule is Cn1c(-c2ccccc2)c(C(=O)N2CCN3CC(Oc4cccnc4C(F)(F)F)CC3C2)c2nccnc21. The molecule has 11 heteroatoms. The van der Waals surface area contributed by atoms with E-state index in [-0.39, 0.29) is 17.7 Å². The number of fused-ring (bicyclic) bond motifs is 2. The molecule has 0 N–H and O–H groups in total. The van der Waals surface area contributed by atoms with E-state index in [4.69, 9.17) is 4.74 Å². The topological polar surface area (TPSA) is 76.4 Å². The largest absolute Gasteiger partial charge is 0.487 e. The second-order valence-electron chi connectivity index (χ2n) is 9.60. The number of ether oxygens (including phenoxy) is 1. The molecule has 1 aromatic carbocycles. The summed E-state index contributed by atoms with van der Waals surface area (Å²) < 4.78 is 47.8. The van der Waals surface area contributed by atoms with Crippen molar-refractivity contribution in [3.8, 4) is 17.0 Å². The van der Waals surface area contributed by atoms with E-state index in [2.05, 4.69) is 19.9 Å². The minimum atomic E-state index is -4.59. The number of hydrogen-bond acceptors (Lipinski definition) is 6. The van der Waals surface area contributed by atoms with Gasteiger partial charge in [0.15, 0.2) is 17.1 Å². The van der Waals surface area contributed by atoms with Crippen molar-refractivity contribution < 1.29 is 22.7 Å². The number of piperazine rings is 1. The van der Waals surface area contributed by atoms with Crippen molar-refractivity contribution in [2.75, 3.05) is 26.2 Å². The molecule has 0 radical (unpaired) electrons. The Morgan fingerprint density at radius 1 is 0.974 bits per heavy atom. The third-order valence-corrected chi connectivity index (χ3v) is 7.26. The molecule has 0 bridgehead atoms. The van der Waals surface area contributed by atoms with Gasteiger partial charge in [0.1, 0.15) is 11.6 Å². The van der Waals surface area contributed by atoms with Crippen LogP contribution in [0.25, 0.3) is 22.4 Å². The molecule has 0 aliphatic carbocycles. The van der Waals surface area contributed by atoms with E-state index < -0.39 is 18.0 Å². The fourth-order valence-corrected chi connectivity index (χ4v) is 5.58. The van der Waals surface area contributed by atoms with E-state index in [1.54, 1.807) is 12.4 Å². The minimum absolute atomic E-state index is 0.0232. The first-order valence-electron chi connectivity index (χ1n) is 12.4. The van der Waals surface area contributed by atoms with Gasteiger partial charge >= 0.3 is 6.18 Å². The van der Waals surface area contributed by atoms with Crippen molar-refractivity contribution in [3.63, 3.8) is 0 Å². The van der Waals surface area contributed by atoms with Crippen molar-refractivity contribution in [1.29, 1.82) is 0 Å². The molecule has 2 aliphatic heterocycles. The summed E-state index contributed by atoms with van der Waals surface area (Å²) in [7, 11) is 1.88. The molecule has 38 heavy (non-hydrogen) atoms. The Labute approximate surface area is 216 Å². The van der Waals surface area contributed by atoms with Crippen LogP contribution in [0, 0.1) is 0 Å². The van der Waals surface area contributed by atoms with Crippen molar-refractivity contribution in [2.24, 2.45) is 7.05 Å². The van der Waals surface area contributed by atoms with Crippen molar-refractivity contribution >= 4 is 17.1 Å². The molecule has 2 saturated heterocycles. The van der Waals surface area contributed by atoms with Crippen LogP contribution in [0.2, 0.25) is 0 Å². The molecular formula is C27H25F3N6O2. The second-order valence-corrected chi connectivity index (χ2v) is 9.60. The minimum Gasteiger partial charge on any atom is -0.487 e. The molecule has 2 atom stereocenters. The third kappa shape index (κ3) is 4.26. The Morgan fingerprint density at radius 2 is 1.76 bits per heavy atom. The third-order valence-electron chi connectivity index (χ3n) is 7.26. The maximum atomic E-state index is 14.0. The van der Waals surface area contributed by atoms with Crippen molar-refractivity contribution in [3.05, 3.63) is 72.3 Å². The number of rotatable bonds is 4. The number of nitrogens with zero attached hydrogens (tertiary/aromatic N) is 6. The van der Waals surface area contributed by atoms with E-state index in [9.17, 15) is 18.0 Å². The van der Waals surface area contributed by atoms with E-state index in [1.165, 1.54) is 12.1 Å². The summed E-state index contributed by atoms with van der Waals surface area (Å²) in [5.74, 6) is -0.398. The average Bonchev–Trinajstić information content (AvgIpc) is 3.46. The maximum Gasteiger partial charge on any atom is 0.437 e. The van der Waals surface area contributed by atoms with Crippen LogP contribution < -0.4 is 4.74 Å². The Kier molecular flexibility index (Phi) is 6.02. The van der Waals surface area contributed by atoms with Crippen LogP contribution in [0.5, 0.6) is 5.75 Å². The van der Waals surface area contributed by atoms with Crippen LogP contribution in [0.1, 0.15) is 22.5 Å². The van der Waals surface area contributed by atoms with Crippen LogP contribution in [-0.4, -0.2) is 73.6 Å². The Hall–Kier alpha value is -3.99. The summed E-state index contributed by atoms with van der Waals surface area (Å²) in [4.78, 5) is 30.4. The van der Waals surface area contributed by atoms with Gasteiger partial charge in [-0.05, 0) is 17.7 Å². The molecule has 196 valence electrons. The molecule has 4 aromatic rings. The predicted octanol–water partition coefficient (Wildman–Crippen LogP) is 4.03. The average molecular weight is 523 g/mol. The lowest BCUT2D eigenvalue weighted by molar-refractivity contribution is -0.142. The Morgan fingerprint density at radius 3 is 2.55 bits per heavy atom. The Balaban J connectivity index is 1.25. The monoisotopic (exact) mass is 522 g/mol. The number of hydrogen-bond donors (Lipinski definition) is 0. The highest BCUT2D eigenvalue weighted by Gasteiger charge is 2.42. The summed E-state index contributed by atoms with van der Waals surface area (Å²) in [6.45, 7) is 2.04. The van der Waals surface area contributed by atoms with Crippen LogP contribution in [-0.2, 0) is 13.2 Å². The van der Waals surface area contributed by atoms with E-state index in [1.807, 2.05) is 46.8 Å². The highest BCUT2D eigenvalue weighted by atomic mass is 19.4. The van der Waals surface area contributed by atoms with Crippen molar-refractivity contribution in [1.82, 2.24) is 29.3 Å². The summed E-state index contributed by atoms with van der Waals surface area (Å²) in [5, 5.41) is 0. The number of benzene rings is 1. The van der Waals surface area contributed by atoms with Gasteiger partial charge in [-0.1, -0.05) is 30.3 Å². The van der Waals surface area contributed by atoms with Crippen LogP contribution in [0.4, 0.5) is 13.2 Å². The van der Waals surface area contributed by atoms with Gasteiger partial charge in [-0.2, -0.15) is 13.2 Å². The molecule has 8 nitrogen and oxygen atoms in total. The van der Waals surface area contributed by atoms with Gasteiger partial charge in [-0.3, -0.25) is 14.7 Å². The zero-order chi connectivity index (χ0) is 26.4. The second kappa shape index (κ2) is 9.39. The molecule has 3 aromatic heterocycles. The van der Waals surface area contributed by atoms with Crippen molar-refractivity contribution in [2.45, 2.75) is 24.7 Å². The lowest BCUT2D eigenvalue weighted by atomic mass is 10.0. The molecule has 2 fully saturated rings. The van der Waals surface area contributed by atoms with E-state index >= 15 is 0 Å². The number of carbonyl (C=O) groups excluding carboxylic acids is 1. The number of aromatic nitrogens is 4. The standard InChI is InChI=1S/C27H25F3N6O2/c1-34-23(17-6-3-2-4-7-17)21(22-25(34)33-11-10-31-22)26(37)36-13-12-35-16-19(14-18(35)15-36)38-20-8-5-9-32-24(20)27(28,29)30/h2-11,18-19H,12-16H2,1H3. The summed E-state index contributed by atoms with van der Waals surface area (Å²) in [6, 6.07) is 12.4. The van der Waals surface area contributed by atoms with Crippen LogP contribution >= 0.6 is 0 Å². The van der Waals surface area contributed by atoms with Gasteiger partial charge < -0.3 is 14.2 Å². The lowest BCUT2D eigenvalue weighted by Gasteiger charge is -2.37. The molecule has 5 heterocycles. The molecule has 6 rings (SSSR count). The highest BCUT2D eigenvalue weighted by Crippen LogP contribution is 2.37. The molecule has 0 saturated carbocycles. The zero-order valence-corrected chi connectivity index (χ0v) is 20.6. The van der Waals surface area contributed by atoms with Gasteiger partial charge in [0, 0.05) is 64.3 Å². The van der Waals surface area contributed by atoms with Gasteiger partial charge in [0.2, 0.25) is 0 Å². The first kappa shape index (κ1) is 24.4. The first-order valence-corrected chi connectivity index (χ1v) is 12.4. The quantitative estimate of drug-likeness (QED) is 0.403. The van der Waals surface area contributed by atoms with Gasteiger partial charge in [0.25, 0.3) is 5.91 Å². The number of amides is 1. The Bertz CT molecular complexity index is 1490. The number of halogens is 3. The van der Waals surface area contributed by atoms with Gasteiger partial charge in [0.05, 0.1) is 11.3 Å². The van der Waals surface area contributed by atoms with Gasteiger partial charge in [-0.25, -0.2) is 9.97 Å². The molecule has 0 spiro atoms. The molecule has 1 amide bonds. The fraction of sp³-hybridized carbons (Fsp3) is 0.333. The summed E-state index contributed by atoms with van der Waals surface area (Å²) in [5.41, 5.74) is 2.30. The predicted molar refractivity (Wildman–Crippen MR) is 133 cm³/mol. The number of aryl methyl sites for hydroxylation is 1. The zero-order valence-electron chi connectivity index (χ0n) is 20.6. The highest BCUT2D eigenvalue weighted by molar-refractivity contribution is 6.10. The van der Waals surface area contributed by atoms with E-state index in [0.29, 0.717) is 49.3 Å². The lowest BCUT2D eigenvalue weighted by Crippen LogP contribution is -2.52. The molecule has 2 unspecified atom stereocenters. The summed E-state index contributed by atoms with van der Waals surface area (Å²) >= 11 is 0. The van der Waals surface area contributed by atoms with Crippen LogP contribution in [0.3, 0.4) is 0 Å². The van der Waals surface area contributed by atoms with Crippen LogP contribution in [0.15, 0.2) is 61.1 Å². The number of carbonyl (C=O) groups is 1. The fourth-order valence-electron chi connectivity index (χ4n) is 5.58. The smallest absolute Gasteiger partial charge is 0.437 e. The number of pyridine rings is 1. The summed E-state index contributed by atoms with van der Waals surface area (Å²) in [6.07, 6.45) is -0.213.